The number of carboxylic acid groups (broad SMARTS) is 1. The lowest BCUT2D eigenvalue weighted by molar-refractivity contribution is -0.946. The van der Waals surface area contributed by atoms with Crippen LogP contribution in [0.25, 0.3) is 0 Å². The van der Waals surface area contributed by atoms with E-state index >= 15 is 0 Å². The number of carboxylic acids is 1. The molecule has 0 radical (unpaired) electrons. The molecule has 1 N–H and O–H groups in total. The van der Waals surface area contributed by atoms with Gasteiger partial charge in [0.25, 0.3) is 0 Å². The number of ether oxygens (including phenoxy) is 2. The molecule has 0 amide bonds. The number of esters is 1. The van der Waals surface area contributed by atoms with E-state index in [-0.39, 0.29) is 12.1 Å². The minimum atomic E-state index is -5.19. The summed E-state index contributed by atoms with van der Waals surface area (Å²) in [4.78, 5) is 22.3. The lowest BCUT2D eigenvalue weighted by Gasteiger charge is -2.52. The van der Waals surface area contributed by atoms with Gasteiger partial charge in [-0.1, -0.05) is 66.7 Å². The Hall–Kier alpha value is -4.05. The minimum absolute atomic E-state index is 0.0458. The fourth-order valence-electron chi connectivity index (χ4n) is 5.39. The van der Waals surface area contributed by atoms with Crippen LogP contribution in [0, 0.1) is 5.92 Å². The Morgan fingerprint density at radius 1 is 0.902 bits per heavy atom. The van der Waals surface area contributed by atoms with E-state index in [0.717, 1.165) is 60.5 Å². The van der Waals surface area contributed by atoms with Gasteiger partial charge >= 0.3 is 12.1 Å². The maximum Gasteiger partial charge on any atom is 0.430 e. The second-order valence-corrected chi connectivity index (χ2v) is 10.3. The number of halogens is 3. The third kappa shape index (κ3) is 8.47. The van der Waals surface area contributed by atoms with Gasteiger partial charge in [-0.3, -0.25) is 0 Å². The Kier molecular flexibility index (Phi) is 9.88. The number of aliphatic carboxylic acids is 1. The van der Waals surface area contributed by atoms with Crippen molar-refractivity contribution in [3.05, 3.63) is 96.6 Å². The molecule has 3 aliphatic heterocycles. The number of alkyl halides is 3. The quantitative estimate of drug-likeness (QED) is 0.304. The molecular weight excluding hydrogens is 537 g/mol. The molecule has 0 aliphatic carbocycles. The normalized spacial score (nSPS) is 22.0. The molecule has 3 aromatic rings. The number of carbonyl (C=O) groups is 2. The summed E-state index contributed by atoms with van der Waals surface area (Å²) < 4.78 is 44.8. The van der Waals surface area contributed by atoms with E-state index in [1.807, 2.05) is 91.0 Å². The number of benzene rings is 3. The second kappa shape index (κ2) is 13.5. The highest BCUT2D eigenvalue weighted by molar-refractivity contribution is 5.81. The molecule has 6 rings (SSSR count). The van der Waals surface area contributed by atoms with E-state index in [0.29, 0.717) is 12.5 Å². The van der Waals surface area contributed by atoms with Gasteiger partial charge in [0.05, 0.1) is 13.1 Å². The largest absolute Gasteiger partial charge is 0.542 e. The van der Waals surface area contributed by atoms with E-state index in [4.69, 9.17) is 19.4 Å². The van der Waals surface area contributed by atoms with Crippen LogP contribution in [-0.2, 0) is 14.3 Å². The summed E-state index contributed by atoms with van der Waals surface area (Å²) in [5.41, 5.74) is 1.82. The van der Waals surface area contributed by atoms with Crippen molar-refractivity contribution >= 4 is 17.6 Å². The average Bonchev–Trinajstić information content (AvgIpc) is 2.98. The van der Waals surface area contributed by atoms with Crippen molar-refractivity contribution in [3.63, 3.8) is 0 Å². The van der Waals surface area contributed by atoms with Gasteiger partial charge in [-0.2, -0.15) is 13.2 Å². The number of piperidine rings is 3. The van der Waals surface area contributed by atoms with E-state index in [1.54, 1.807) is 0 Å². The van der Waals surface area contributed by atoms with Gasteiger partial charge in [0.2, 0.25) is 0 Å². The highest BCUT2D eigenvalue weighted by atomic mass is 19.4. The fraction of sp³-hybridized carbons (Fsp3) is 0.355. The van der Waals surface area contributed by atoms with Crippen LogP contribution in [0.5, 0.6) is 5.75 Å². The first-order valence-corrected chi connectivity index (χ1v) is 13.5. The first kappa shape index (κ1) is 29.9. The highest BCUT2D eigenvalue weighted by Crippen LogP contribution is 2.36. The van der Waals surface area contributed by atoms with Crippen molar-refractivity contribution in [2.75, 3.05) is 38.1 Å². The van der Waals surface area contributed by atoms with Gasteiger partial charge in [0, 0.05) is 24.4 Å². The predicted octanol–water partition coefficient (Wildman–Crippen LogP) is 4.37. The van der Waals surface area contributed by atoms with Gasteiger partial charge < -0.3 is 29.2 Å². The van der Waals surface area contributed by atoms with E-state index in [1.165, 1.54) is 0 Å². The molecule has 0 saturated carbocycles. The summed E-state index contributed by atoms with van der Waals surface area (Å²) in [6, 6.07) is 29.2. The molecule has 7 nitrogen and oxygen atoms in total. The number of hydrogen-bond donors (Lipinski definition) is 1. The number of quaternary nitrogens is 1. The Labute approximate surface area is 237 Å². The number of carbonyl (C=O) groups excluding carboxylic acids is 2. The van der Waals surface area contributed by atoms with Crippen molar-refractivity contribution in [2.24, 2.45) is 5.92 Å². The zero-order chi connectivity index (χ0) is 29.3. The summed E-state index contributed by atoms with van der Waals surface area (Å²) in [5, 5.41) is 12.2. The van der Waals surface area contributed by atoms with Crippen LogP contribution in [0.2, 0.25) is 0 Å². The molecule has 0 spiro atoms. The van der Waals surface area contributed by atoms with Crippen molar-refractivity contribution in [1.29, 1.82) is 0 Å². The zero-order valence-corrected chi connectivity index (χ0v) is 22.5. The van der Waals surface area contributed by atoms with Gasteiger partial charge in [-0.15, -0.1) is 0 Å². The summed E-state index contributed by atoms with van der Waals surface area (Å²) >= 11 is 0. The van der Waals surface area contributed by atoms with Crippen molar-refractivity contribution in [1.82, 2.24) is 0 Å². The summed E-state index contributed by atoms with van der Waals surface area (Å²) in [7, 11) is 0. The molecule has 2 atom stereocenters. The van der Waals surface area contributed by atoms with Crippen LogP contribution in [0.15, 0.2) is 91.0 Å². The molecule has 3 heterocycles. The van der Waals surface area contributed by atoms with Gasteiger partial charge in [0.15, 0.2) is 12.1 Å². The topological polar surface area (TPSA) is 87.7 Å². The van der Waals surface area contributed by atoms with Gasteiger partial charge in [-0.25, -0.2) is 4.79 Å². The molecular formula is C31H33F3N2O5. The first-order valence-electron chi connectivity index (χ1n) is 13.5. The summed E-state index contributed by atoms with van der Waals surface area (Å²) in [6.45, 7) is 4.78. The second-order valence-electron chi connectivity index (χ2n) is 10.3. The van der Waals surface area contributed by atoms with Crippen LogP contribution < -0.4 is 15.2 Å². The van der Waals surface area contributed by atoms with E-state index < -0.39 is 18.2 Å². The molecule has 0 unspecified atom stereocenters. The van der Waals surface area contributed by atoms with E-state index in [2.05, 4.69) is 5.32 Å². The molecule has 3 aromatic carbocycles. The summed E-state index contributed by atoms with van der Waals surface area (Å²) in [5.74, 6) is -1.85. The van der Waals surface area contributed by atoms with Crippen LogP contribution in [0.3, 0.4) is 0 Å². The Morgan fingerprint density at radius 3 is 2.00 bits per heavy atom. The third-order valence-electron chi connectivity index (χ3n) is 7.57. The average molecular weight is 571 g/mol. The Balaban J connectivity index is 0.000000493. The zero-order valence-electron chi connectivity index (χ0n) is 22.5. The Morgan fingerprint density at radius 2 is 1.44 bits per heavy atom. The van der Waals surface area contributed by atoms with Crippen LogP contribution in [0.1, 0.15) is 24.4 Å². The van der Waals surface area contributed by atoms with Crippen LogP contribution in [0.4, 0.5) is 18.9 Å². The van der Waals surface area contributed by atoms with Gasteiger partial charge in [-0.05, 0) is 29.8 Å². The number of fused-ring (bicyclic) bond motifs is 3. The molecule has 10 heteroatoms. The predicted molar refractivity (Wildman–Crippen MR) is 145 cm³/mol. The molecule has 3 fully saturated rings. The van der Waals surface area contributed by atoms with Crippen LogP contribution >= 0.6 is 0 Å². The molecule has 41 heavy (non-hydrogen) atoms. The number of hydrogen-bond acceptors (Lipinski definition) is 6. The Bertz CT molecular complexity index is 1250. The monoisotopic (exact) mass is 570 g/mol. The maximum atomic E-state index is 13.5. The standard InChI is InChI=1S/C29H33N2O3.C2HF3O2/c32-29(28(24-10-4-1-5-11-24)30-25-12-6-2-7-13-25)34-27-22-31(18-16-23(27)17-19-31)20-21-33-26-14-8-3-9-15-26;3-2(4,5)1(6)7/h1-15,23,27-28,30H,16-22H2;(H,6,7)/q+1;/p-1/t23?,27-,28+,31?;/m0./s1. The minimum Gasteiger partial charge on any atom is -0.542 e. The van der Waals surface area contributed by atoms with Gasteiger partial charge in [0.1, 0.15) is 31.4 Å². The smallest absolute Gasteiger partial charge is 0.430 e. The number of rotatable bonds is 9. The third-order valence-corrected chi connectivity index (χ3v) is 7.57. The van der Waals surface area contributed by atoms with E-state index in [9.17, 15) is 18.0 Å². The van der Waals surface area contributed by atoms with Crippen LogP contribution in [-0.4, -0.2) is 61.5 Å². The molecule has 3 aliphatic rings. The van der Waals surface area contributed by atoms with Crippen molar-refractivity contribution < 1.29 is 41.8 Å². The molecule has 0 aromatic heterocycles. The lowest BCUT2D eigenvalue weighted by Crippen LogP contribution is -2.65. The molecule has 3 saturated heterocycles. The SMILES string of the molecule is O=C(O[C@H]1C[N+]2(CCOc3ccccc3)CCC1CC2)[C@H](Nc1ccccc1)c1ccccc1.O=C([O-])C(F)(F)F. The highest BCUT2D eigenvalue weighted by Gasteiger charge is 2.48. The molecule has 218 valence electrons. The van der Waals surface area contributed by atoms with Crippen molar-refractivity contribution in [3.8, 4) is 5.75 Å². The summed E-state index contributed by atoms with van der Waals surface area (Å²) in [6.07, 6.45) is -3.04. The molecule has 2 bridgehead atoms. The number of anilines is 1. The van der Waals surface area contributed by atoms with Crippen molar-refractivity contribution in [2.45, 2.75) is 31.2 Å². The fourth-order valence-corrected chi connectivity index (χ4v) is 5.39. The number of nitrogens with zero attached hydrogens (tertiary/aromatic N) is 1. The number of nitrogens with one attached hydrogen (secondary N) is 1. The maximum absolute atomic E-state index is 13.5. The lowest BCUT2D eigenvalue weighted by atomic mass is 9.83. The first-order chi connectivity index (χ1) is 19.7. The number of para-hydroxylation sites is 2.